The standard InChI is InChI=1S/C13H18N2/c1-3-8-15-12(10-14-2)9-11-6-4-5-7-13(11)15/h4-7,9,14H,3,8,10H2,1-2H3. The van der Waals surface area contributed by atoms with E-state index in [2.05, 4.69) is 47.1 Å². The average Bonchev–Trinajstić information content (AvgIpc) is 2.59. The fourth-order valence-corrected chi connectivity index (χ4v) is 2.08. The number of aromatic nitrogens is 1. The van der Waals surface area contributed by atoms with Crippen LogP contribution in [0.5, 0.6) is 0 Å². The Bertz CT molecular complexity index is 443. The summed E-state index contributed by atoms with van der Waals surface area (Å²) in [6.45, 7) is 4.26. The lowest BCUT2D eigenvalue weighted by Gasteiger charge is -2.08. The van der Waals surface area contributed by atoms with Gasteiger partial charge in [-0.25, -0.2) is 0 Å². The van der Waals surface area contributed by atoms with E-state index in [9.17, 15) is 0 Å². The fraction of sp³-hybridized carbons (Fsp3) is 0.385. The molecule has 2 nitrogen and oxygen atoms in total. The van der Waals surface area contributed by atoms with Crippen LogP contribution in [-0.4, -0.2) is 11.6 Å². The van der Waals surface area contributed by atoms with E-state index >= 15 is 0 Å². The minimum atomic E-state index is 0.939. The second kappa shape index (κ2) is 4.49. The molecule has 15 heavy (non-hydrogen) atoms. The van der Waals surface area contributed by atoms with Gasteiger partial charge in [-0.3, -0.25) is 0 Å². The van der Waals surface area contributed by atoms with Gasteiger partial charge in [0.2, 0.25) is 0 Å². The molecule has 0 spiro atoms. The molecule has 0 unspecified atom stereocenters. The van der Waals surface area contributed by atoms with Crippen molar-refractivity contribution in [1.82, 2.24) is 9.88 Å². The predicted molar refractivity (Wildman–Crippen MR) is 65.0 cm³/mol. The highest BCUT2D eigenvalue weighted by molar-refractivity contribution is 5.81. The van der Waals surface area contributed by atoms with Crippen LogP contribution < -0.4 is 5.32 Å². The van der Waals surface area contributed by atoms with Gasteiger partial charge in [0.15, 0.2) is 0 Å². The van der Waals surface area contributed by atoms with Gasteiger partial charge in [-0.2, -0.15) is 0 Å². The van der Waals surface area contributed by atoms with Gasteiger partial charge in [-0.15, -0.1) is 0 Å². The molecule has 0 aliphatic rings. The lowest BCUT2D eigenvalue weighted by Crippen LogP contribution is -2.11. The molecule has 0 aliphatic heterocycles. The van der Waals surface area contributed by atoms with Crippen molar-refractivity contribution in [3.05, 3.63) is 36.0 Å². The smallest absolute Gasteiger partial charge is 0.0482 e. The van der Waals surface area contributed by atoms with Crippen molar-refractivity contribution in [2.45, 2.75) is 26.4 Å². The molecular formula is C13H18N2. The first-order valence-electron chi connectivity index (χ1n) is 5.58. The fourth-order valence-electron chi connectivity index (χ4n) is 2.08. The molecule has 0 amide bonds. The van der Waals surface area contributed by atoms with E-state index in [0.717, 1.165) is 13.1 Å². The van der Waals surface area contributed by atoms with Crippen molar-refractivity contribution < 1.29 is 0 Å². The van der Waals surface area contributed by atoms with Gasteiger partial charge in [0.1, 0.15) is 0 Å². The molecular weight excluding hydrogens is 184 g/mol. The van der Waals surface area contributed by atoms with Gasteiger partial charge in [0, 0.05) is 24.3 Å². The van der Waals surface area contributed by atoms with E-state index in [1.54, 1.807) is 0 Å². The summed E-state index contributed by atoms with van der Waals surface area (Å²) >= 11 is 0. The highest BCUT2D eigenvalue weighted by Crippen LogP contribution is 2.20. The molecule has 1 aromatic carbocycles. The number of fused-ring (bicyclic) bond motifs is 1. The Balaban J connectivity index is 2.53. The molecule has 1 N–H and O–H groups in total. The third-order valence-electron chi connectivity index (χ3n) is 2.70. The van der Waals surface area contributed by atoms with E-state index in [1.807, 2.05) is 7.05 Å². The SMILES string of the molecule is CCCn1c(CNC)cc2ccccc21. The first kappa shape index (κ1) is 10.2. The molecule has 0 radical (unpaired) electrons. The summed E-state index contributed by atoms with van der Waals surface area (Å²) < 4.78 is 2.41. The topological polar surface area (TPSA) is 17.0 Å². The van der Waals surface area contributed by atoms with Crippen LogP contribution in [0.4, 0.5) is 0 Å². The lowest BCUT2D eigenvalue weighted by molar-refractivity contribution is 0.645. The molecule has 2 rings (SSSR count). The Morgan fingerprint density at radius 1 is 1.27 bits per heavy atom. The highest BCUT2D eigenvalue weighted by atomic mass is 15.0. The second-order valence-electron chi connectivity index (χ2n) is 3.88. The maximum Gasteiger partial charge on any atom is 0.0482 e. The Hall–Kier alpha value is -1.28. The maximum absolute atomic E-state index is 3.22. The molecule has 2 heteroatoms. The second-order valence-corrected chi connectivity index (χ2v) is 3.88. The van der Waals surface area contributed by atoms with Gasteiger partial charge >= 0.3 is 0 Å². The summed E-state index contributed by atoms with van der Waals surface area (Å²) in [5.41, 5.74) is 2.73. The predicted octanol–water partition coefficient (Wildman–Crippen LogP) is 2.77. The van der Waals surface area contributed by atoms with Crippen LogP contribution in [0.3, 0.4) is 0 Å². The lowest BCUT2D eigenvalue weighted by atomic mass is 10.2. The van der Waals surface area contributed by atoms with Crippen LogP contribution in [-0.2, 0) is 13.1 Å². The zero-order valence-corrected chi connectivity index (χ0v) is 9.46. The number of para-hydroxylation sites is 1. The molecule has 80 valence electrons. The largest absolute Gasteiger partial charge is 0.343 e. The third-order valence-corrected chi connectivity index (χ3v) is 2.70. The molecule has 0 atom stereocenters. The Kier molecular flexibility index (Phi) is 3.07. The van der Waals surface area contributed by atoms with E-state index in [-0.39, 0.29) is 0 Å². The first-order valence-corrected chi connectivity index (χ1v) is 5.58. The van der Waals surface area contributed by atoms with Crippen molar-refractivity contribution in [2.75, 3.05) is 7.05 Å². The van der Waals surface area contributed by atoms with Gasteiger partial charge in [0.05, 0.1) is 0 Å². The molecule has 1 aromatic heterocycles. The van der Waals surface area contributed by atoms with Crippen molar-refractivity contribution in [2.24, 2.45) is 0 Å². The van der Waals surface area contributed by atoms with E-state index < -0.39 is 0 Å². The average molecular weight is 202 g/mol. The minimum absolute atomic E-state index is 0.939. The summed E-state index contributed by atoms with van der Waals surface area (Å²) in [5, 5.41) is 4.57. The Morgan fingerprint density at radius 2 is 2.07 bits per heavy atom. The van der Waals surface area contributed by atoms with Gasteiger partial charge in [-0.1, -0.05) is 25.1 Å². The number of nitrogens with one attached hydrogen (secondary N) is 1. The number of hydrogen-bond acceptors (Lipinski definition) is 1. The molecule has 2 aromatic rings. The van der Waals surface area contributed by atoms with E-state index in [0.29, 0.717) is 0 Å². The Labute approximate surface area is 90.9 Å². The van der Waals surface area contributed by atoms with Crippen LogP contribution in [0.15, 0.2) is 30.3 Å². The maximum atomic E-state index is 3.22. The van der Waals surface area contributed by atoms with Crippen LogP contribution >= 0.6 is 0 Å². The summed E-state index contributed by atoms with van der Waals surface area (Å²) in [5.74, 6) is 0. The summed E-state index contributed by atoms with van der Waals surface area (Å²) in [4.78, 5) is 0. The zero-order chi connectivity index (χ0) is 10.7. The van der Waals surface area contributed by atoms with E-state index in [4.69, 9.17) is 0 Å². The van der Waals surface area contributed by atoms with Crippen molar-refractivity contribution in [3.63, 3.8) is 0 Å². The Morgan fingerprint density at radius 3 is 2.80 bits per heavy atom. The number of rotatable bonds is 4. The highest BCUT2D eigenvalue weighted by Gasteiger charge is 2.05. The summed E-state index contributed by atoms with van der Waals surface area (Å²) in [6, 6.07) is 10.9. The quantitative estimate of drug-likeness (QED) is 0.806. The summed E-state index contributed by atoms with van der Waals surface area (Å²) in [6.07, 6.45) is 1.18. The van der Waals surface area contributed by atoms with Crippen LogP contribution in [0.1, 0.15) is 19.0 Å². The van der Waals surface area contributed by atoms with Crippen molar-refractivity contribution in [1.29, 1.82) is 0 Å². The molecule has 0 bridgehead atoms. The third kappa shape index (κ3) is 1.90. The monoisotopic (exact) mass is 202 g/mol. The number of nitrogens with zero attached hydrogens (tertiary/aromatic N) is 1. The van der Waals surface area contributed by atoms with Crippen LogP contribution in [0, 0.1) is 0 Å². The zero-order valence-electron chi connectivity index (χ0n) is 9.46. The van der Waals surface area contributed by atoms with Crippen molar-refractivity contribution in [3.8, 4) is 0 Å². The first-order chi connectivity index (χ1) is 7.36. The molecule has 0 aliphatic carbocycles. The number of hydrogen-bond donors (Lipinski definition) is 1. The van der Waals surface area contributed by atoms with Gasteiger partial charge in [-0.05, 0) is 31.0 Å². The molecule has 0 saturated carbocycles. The van der Waals surface area contributed by atoms with E-state index in [1.165, 1.54) is 23.0 Å². The van der Waals surface area contributed by atoms with Crippen molar-refractivity contribution >= 4 is 10.9 Å². The molecule has 1 heterocycles. The van der Waals surface area contributed by atoms with Gasteiger partial charge in [0.25, 0.3) is 0 Å². The number of benzene rings is 1. The number of aryl methyl sites for hydroxylation is 1. The minimum Gasteiger partial charge on any atom is -0.343 e. The van der Waals surface area contributed by atoms with Gasteiger partial charge < -0.3 is 9.88 Å². The van der Waals surface area contributed by atoms with Crippen LogP contribution in [0.25, 0.3) is 10.9 Å². The normalized spacial score (nSPS) is 11.1. The van der Waals surface area contributed by atoms with Crippen LogP contribution in [0.2, 0.25) is 0 Å². The summed E-state index contributed by atoms with van der Waals surface area (Å²) in [7, 11) is 1.99. The molecule has 0 fully saturated rings. The molecule has 0 saturated heterocycles.